The Labute approximate surface area is 218 Å². The number of nitrogens with two attached hydrogens (primary N) is 3. The molecule has 38 heavy (non-hydrogen) atoms. The molecular formula is C23H35N7O8. The molecule has 210 valence electrons. The van der Waals surface area contributed by atoms with Gasteiger partial charge in [0.2, 0.25) is 17.7 Å². The first-order valence-corrected chi connectivity index (χ1v) is 11.7. The van der Waals surface area contributed by atoms with Crippen molar-refractivity contribution < 1.29 is 39.3 Å². The largest absolute Gasteiger partial charge is 0.508 e. The topological polar surface area (TPSA) is 273 Å². The molecule has 0 heterocycles. The number of nitrogens with zero attached hydrogens (tertiary/aromatic N) is 1. The van der Waals surface area contributed by atoms with Crippen LogP contribution in [-0.2, 0) is 30.4 Å². The Hall–Kier alpha value is -4.40. The maximum atomic E-state index is 13.2. The molecule has 4 atom stereocenters. The van der Waals surface area contributed by atoms with Crippen molar-refractivity contribution in [1.29, 1.82) is 0 Å². The molecule has 1 aromatic carbocycles. The third-order valence-electron chi connectivity index (χ3n) is 5.26. The fraction of sp³-hybridized carbons (Fsp3) is 0.478. The average Bonchev–Trinajstić information content (AvgIpc) is 2.83. The first kappa shape index (κ1) is 31.6. The Morgan fingerprint density at radius 3 is 1.95 bits per heavy atom. The standard InChI is InChI=1S/C23H35N7O8/c1-12(24)19(34)28-15(3-2-10-27-23(25)26)20(35)30-17(11-13-4-6-14(31)7-5-13)21(36)29-16(22(37)38)8-9-18(32)33/h4-7,12,15-17,31H,2-3,8-11,24H2,1H3,(H,28,34)(H,29,36)(H,30,35)(H,32,33)(H,37,38)(H4,25,26,27). The number of rotatable bonds is 16. The van der Waals surface area contributed by atoms with Gasteiger partial charge in [0.05, 0.1) is 6.04 Å². The highest BCUT2D eigenvalue weighted by Gasteiger charge is 2.30. The maximum absolute atomic E-state index is 13.2. The molecule has 15 heteroatoms. The quantitative estimate of drug-likeness (QED) is 0.0616. The fourth-order valence-electron chi connectivity index (χ4n) is 3.22. The lowest BCUT2D eigenvalue weighted by Gasteiger charge is -2.25. The molecule has 0 spiro atoms. The second-order valence-electron chi connectivity index (χ2n) is 8.56. The molecule has 0 aliphatic carbocycles. The van der Waals surface area contributed by atoms with Crippen LogP contribution in [0.2, 0.25) is 0 Å². The number of aliphatic carboxylic acids is 2. The lowest BCUT2D eigenvalue weighted by Crippen LogP contribution is -2.57. The number of hydrogen-bond donors (Lipinski definition) is 9. The number of phenols is 1. The summed E-state index contributed by atoms with van der Waals surface area (Å²) in [5.74, 6) is -5.12. The van der Waals surface area contributed by atoms with Crippen LogP contribution in [0.25, 0.3) is 0 Å². The van der Waals surface area contributed by atoms with Crippen molar-refractivity contribution in [1.82, 2.24) is 16.0 Å². The summed E-state index contributed by atoms with van der Waals surface area (Å²) in [7, 11) is 0. The summed E-state index contributed by atoms with van der Waals surface area (Å²) in [5.41, 5.74) is 16.7. The first-order valence-electron chi connectivity index (χ1n) is 11.7. The third-order valence-corrected chi connectivity index (χ3v) is 5.26. The number of amides is 3. The number of carbonyl (C=O) groups excluding carboxylic acids is 3. The summed E-state index contributed by atoms with van der Waals surface area (Å²) >= 11 is 0. The predicted octanol–water partition coefficient (Wildman–Crippen LogP) is -2.26. The summed E-state index contributed by atoms with van der Waals surface area (Å²) in [5, 5.41) is 35.1. The number of carbonyl (C=O) groups is 5. The van der Waals surface area contributed by atoms with E-state index in [-0.39, 0.29) is 37.5 Å². The molecule has 0 saturated carbocycles. The van der Waals surface area contributed by atoms with Crippen LogP contribution in [0.4, 0.5) is 0 Å². The Kier molecular flexibility index (Phi) is 13.0. The fourth-order valence-corrected chi connectivity index (χ4v) is 3.22. The van der Waals surface area contributed by atoms with Crippen molar-refractivity contribution in [3.8, 4) is 5.75 Å². The smallest absolute Gasteiger partial charge is 0.326 e. The van der Waals surface area contributed by atoms with Crippen LogP contribution in [-0.4, -0.2) is 81.7 Å². The Morgan fingerprint density at radius 1 is 0.868 bits per heavy atom. The van der Waals surface area contributed by atoms with E-state index in [1.54, 1.807) is 0 Å². The van der Waals surface area contributed by atoms with E-state index in [1.807, 2.05) is 0 Å². The minimum absolute atomic E-state index is 0.0298. The highest BCUT2D eigenvalue weighted by atomic mass is 16.4. The molecule has 0 saturated heterocycles. The Morgan fingerprint density at radius 2 is 1.42 bits per heavy atom. The minimum atomic E-state index is -1.52. The molecule has 0 fully saturated rings. The van der Waals surface area contributed by atoms with E-state index < -0.39 is 60.2 Å². The van der Waals surface area contributed by atoms with Crippen LogP contribution in [0.3, 0.4) is 0 Å². The third kappa shape index (κ3) is 12.0. The van der Waals surface area contributed by atoms with Crippen molar-refractivity contribution in [2.45, 2.75) is 63.2 Å². The van der Waals surface area contributed by atoms with Gasteiger partial charge < -0.3 is 48.5 Å². The number of phenolic OH excluding ortho intramolecular Hbond substituents is 1. The summed E-state index contributed by atoms with van der Waals surface area (Å²) in [6, 6.07) is 0.863. The summed E-state index contributed by atoms with van der Waals surface area (Å²) in [6.07, 6.45) is -0.613. The van der Waals surface area contributed by atoms with Crippen molar-refractivity contribution >= 4 is 35.6 Å². The van der Waals surface area contributed by atoms with Gasteiger partial charge in [0.25, 0.3) is 0 Å². The molecule has 0 aliphatic rings. The number of nitrogens with one attached hydrogen (secondary N) is 3. The van der Waals surface area contributed by atoms with Gasteiger partial charge >= 0.3 is 11.9 Å². The highest BCUT2D eigenvalue weighted by Crippen LogP contribution is 2.12. The summed E-state index contributed by atoms with van der Waals surface area (Å²) in [6.45, 7) is 1.59. The van der Waals surface area contributed by atoms with Crippen molar-refractivity contribution in [2.75, 3.05) is 6.54 Å². The van der Waals surface area contributed by atoms with E-state index in [9.17, 15) is 34.2 Å². The number of carboxylic acid groups (broad SMARTS) is 2. The van der Waals surface area contributed by atoms with E-state index in [0.29, 0.717) is 12.0 Å². The Balaban J connectivity index is 3.15. The average molecular weight is 538 g/mol. The highest BCUT2D eigenvalue weighted by molar-refractivity contribution is 5.94. The van der Waals surface area contributed by atoms with Gasteiger partial charge in [-0.05, 0) is 43.9 Å². The van der Waals surface area contributed by atoms with Crippen LogP contribution in [0.15, 0.2) is 29.3 Å². The molecule has 12 N–H and O–H groups in total. The number of hydrogen-bond acceptors (Lipinski definition) is 8. The zero-order valence-electron chi connectivity index (χ0n) is 20.9. The number of aliphatic imine (C=N–C) groups is 1. The summed E-state index contributed by atoms with van der Waals surface area (Å²) < 4.78 is 0. The normalized spacial score (nSPS) is 13.7. The zero-order valence-corrected chi connectivity index (χ0v) is 20.9. The van der Waals surface area contributed by atoms with Crippen molar-refractivity contribution in [3.63, 3.8) is 0 Å². The molecule has 0 radical (unpaired) electrons. The van der Waals surface area contributed by atoms with Crippen molar-refractivity contribution in [2.24, 2.45) is 22.2 Å². The van der Waals surface area contributed by atoms with Crippen LogP contribution < -0.4 is 33.2 Å². The molecule has 0 aliphatic heterocycles. The molecule has 0 bridgehead atoms. The van der Waals surface area contributed by atoms with E-state index in [2.05, 4.69) is 20.9 Å². The number of carboxylic acids is 2. The lowest BCUT2D eigenvalue weighted by molar-refractivity contribution is -0.143. The Bertz CT molecular complexity index is 1010. The SMILES string of the molecule is CC(N)C(=O)NC(CCCN=C(N)N)C(=O)NC(Cc1ccc(O)cc1)C(=O)NC(CCC(=O)O)C(=O)O. The molecule has 3 amide bonds. The number of benzene rings is 1. The monoisotopic (exact) mass is 537 g/mol. The van der Waals surface area contributed by atoms with Crippen molar-refractivity contribution in [3.05, 3.63) is 29.8 Å². The van der Waals surface area contributed by atoms with Gasteiger partial charge in [0.15, 0.2) is 5.96 Å². The molecule has 1 aromatic rings. The minimum Gasteiger partial charge on any atom is -0.508 e. The molecule has 0 aromatic heterocycles. The van der Waals surface area contributed by atoms with Gasteiger partial charge in [-0.1, -0.05) is 12.1 Å². The van der Waals surface area contributed by atoms with Crippen LogP contribution in [0.5, 0.6) is 5.75 Å². The lowest BCUT2D eigenvalue weighted by atomic mass is 10.0. The number of aromatic hydroxyl groups is 1. The number of guanidine groups is 1. The van der Waals surface area contributed by atoms with E-state index >= 15 is 0 Å². The van der Waals surface area contributed by atoms with Gasteiger partial charge in [0, 0.05) is 19.4 Å². The molecule has 4 unspecified atom stereocenters. The zero-order chi connectivity index (χ0) is 28.8. The summed E-state index contributed by atoms with van der Waals surface area (Å²) in [4.78, 5) is 64.7. The second kappa shape index (κ2) is 15.7. The van der Waals surface area contributed by atoms with Gasteiger partial charge in [-0.3, -0.25) is 24.2 Å². The van der Waals surface area contributed by atoms with E-state index in [1.165, 1.54) is 31.2 Å². The van der Waals surface area contributed by atoms with Crippen LogP contribution in [0.1, 0.15) is 38.2 Å². The van der Waals surface area contributed by atoms with Crippen LogP contribution >= 0.6 is 0 Å². The molecule has 1 rings (SSSR count). The van der Waals surface area contributed by atoms with Gasteiger partial charge in [-0.15, -0.1) is 0 Å². The first-order chi connectivity index (χ1) is 17.8. The van der Waals surface area contributed by atoms with E-state index in [0.717, 1.165) is 0 Å². The van der Waals surface area contributed by atoms with Gasteiger partial charge in [0.1, 0.15) is 23.9 Å². The second-order valence-corrected chi connectivity index (χ2v) is 8.56. The predicted molar refractivity (Wildman–Crippen MR) is 136 cm³/mol. The van der Waals surface area contributed by atoms with Crippen LogP contribution in [0, 0.1) is 0 Å². The molecule has 15 nitrogen and oxygen atoms in total. The molecular weight excluding hydrogens is 502 g/mol. The van der Waals surface area contributed by atoms with Gasteiger partial charge in [-0.2, -0.15) is 0 Å². The van der Waals surface area contributed by atoms with E-state index in [4.69, 9.17) is 22.3 Å². The maximum Gasteiger partial charge on any atom is 0.326 e. The van der Waals surface area contributed by atoms with Gasteiger partial charge in [-0.25, -0.2) is 4.79 Å².